The largest absolute Gasteiger partial charge is 0.479 e. The molecule has 0 unspecified atom stereocenters. The van der Waals surface area contributed by atoms with Crippen LogP contribution in [0.3, 0.4) is 0 Å². The highest BCUT2D eigenvalue weighted by molar-refractivity contribution is 6.30. The van der Waals surface area contributed by atoms with Gasteiger partial charge in [-0.1, -0.05) is 61.3 Å². The molecule has 0 fully saturated rings. The van der Waals surface area contributed by atoms with Crippen LogP contribution in [0.4, 0.5) is 0 Å². The van der Waals surface area contributed by atoms with E-state index in [1.165, 1.54) is 5.01 Å². The second-order valence-corrected chi connectivity index (χ2v) is 8.20. The van der Waals surface area contributed by atoms with Gasteiger partial charge in [-0.3, -0.25) is 15.3 Å². The predicted octanol–water partition coefficient (Wildman–Crippen LogP) is 3.67. The zero-order chi connectivity index (χ0) is 23.8. The quantitative estimate of drug-likeness (QED) is 0.317. The van der Waals surface area contributed by atoms with Crippen molar-refractivity contribution < 1.29 is 19.8 Å². The molecule has 1 aromatic heterocycles. The first-order valence-electron chi connectivity index (χ1n) is 10.7. The Labute approximate surface area is 197 Å². The number of aromatic nitrogens is 2. The number of nitrogens with one attached hydrogen (secondary N) is 2. The number of hydrogen-bond acceptors (Lipinski definition) is 5. The van der Waals surface area contributed by atoms with Crippen LogP contribution < -0.4 is 5.43 Å². The standard InChI is InChI=1S/C24H27ClN4O4/c1-2-3-7-20-13-21(27-26-20)23(31)28-29(15-22(30)24(32)33)14-16-8-10-17(11-9-16)18-5-4-6-19(25)12-18/h4-6,8-13,22,30H,2-3,7,14-15H2,1H3,(H,26,27)(H,28,31)(H,32,33)/t22-/m1/s1. The highest BCUT2D eigenvalue weighted by Gasteiger charge is 2.21. The molecule has 0 saturated heterocycles. The zero-order valence-electron chi connectivity index (χ0n) is 18.3. The Morgan fingerprint density at radius 2 is 1.91 bits per heavy atom. The molecule has 1 heterocycles. The van der Waals surface area contributed by atoms with Crippen molar-refractivity contribution in [2.24, 2.45) is 0 Å². The van der Waals surface area contributed by atoms with E-state index in [9.17, 15) is 14.7 Å². The van der Waals surface area contributed by atoms with Crippen LogP contribution in [0.5, 0.6) is 0 Å². The summed E-state index contributed by atoms with van der Waals surface area (Å²) in [4.78, 5) is 23.8. The van der Waals surface area contributed by atoms with Gasteiger partial charge in [-0.25, -0.2) is 9.80 Å². The molecule has 174 valence electrons. The maximum atomic E-state index is 12.7. The highest BCUT2D eigenvalue weighted by atomic mass is 35.5. The normalized spacial score (nSPS) is 12.0. The Bertz CT molecular complexity index is 1080. The summed E-state index contributed by atoms with van der Waals surface area (Å²) in [6.45, 7) is 1.99. The summed E-state index contributed by atoms with van der Waals surface area (Å²) in [5.41, 5.74) is 6.48. The number of carbonyl (C=O) groups excluding carboxylic acids is 1. The van der Waals surface area contributed by atoms with Crippen molar-refractivity contribution in [2.45, 2.75) is 38.8 Å². The number of aliphatic hydroxyl groups is 1. The van der Waals surface area contributed by atoms with Gasteiger partial charge in [0.15, 0.2) is 11.8 Å². The third kappa shape index (κ3) is 7.15. The van der Waals surface area contributed by atoms with Crippen molar-refractivity contribution in [1.29, 1.82) is 0 Å². The lowest BCUT2D eigenvalue weighted by Gasteiger charge is -2.24. The Morgan fingerprint density at radius 1 is 1.15 bits per heavy atom. The van der Waals surface area contributed by atoms with Crippen LogP contribution in [-0.2, 0) is 17.8 Å². The third-order valence-corrected chi connectivity index (χ3v) is 5.32. The molecule has 1 atom stereocenters. The zero-order valence-corrected chi connectivity index (χ0v) is 19.0. The summed E-state index contributed by atoms with van der Waals surface area (Å²) in [5.74, 6) is -1.85. The van der Waals surface area contributed by atoms with Gasteiger partial charge >= 0.3 is 5.97 Å². The van der Waals surface area contributed by atoms with E-state index >= 15 is 0 Å². The van der Waals surface area contributed by atoms with Gasteiger partial charge in [-0.05, 0) is 47.7 Å². The van der Waals surface area contributed by atoms with Crippen molar-refractivity contribution >= 4 is 23.5 Å². The first-order chi connectivity index (χ1) is 15.9. The molecule has 9 heteroatoms. The molecule has 0 aliphatic rings. The summed E-state index contributed by atoms with van der Waals surface area (Å²) in [6.07, 6.45) is 1.13. The minimum atomic E-state index is -1.66. The minimum absolute atomic E-state index is 0.193. The lowest BCUT2D eigenvalue weighted by Crippen LogP contribution is -2.47. The van der Waals surface area contributed by atoms with E-state index in [0.717, 1.165) is 41.6 Å². The predicted molar refractivity (Wildman–Crippen MR) is 126 cm³/mol. The monoisotopic (exact) mass is 470 g/mol. The van der Waals surface area contributed by atoms with E-state index in [4.69, 9.17) is 16.7 Å². The third-order valence-electron chi connectivity index (χ3n) is 5.09. The van der Waals surface area contributed by atoms with E-state index < -0.39 is 18.0 Å². The molecule has 2 aromatic carbocycles. The van der Waals surface area contributed by atoms with Gasteiger partial charge in [-0.2, -0.15) is 5.10 Å². The number of nitrogens with zero attached hydrogens (tertiary/aromatic N) is 2. The number of carboxylic acids is 1. The van der Waals surface area contributed by atoms with Crippen molar-refractivity contribution in [2.75, 3.05) is 6.54 Å². The molecular formula is C24H27ClN4O4. The van der Waals surface area contributed by atoms with Gasteiger partial charge in [-0.15, -0.1) is 0 Å². The molecule has 33 heavy (non-hydrogen) atoms. The number of carboxylic acid groups (broad SMARTS) is 1. The van der Waals surface area contributed by atoms with Crippen LogP contribution in [0, 0.1) is 0 Å². The lowest BCUT2D eigenvalue weighted by molar-refractivity contribution is -0.148. The summed E-state index contributed by atoms with van der Waals surface area (Å²) >= 11 is 6.07. The SMILES string of the molecule is CCCCc1cc(C(=O)NN(Cc2ccc(-c3cccc(Cl)c3)cc2)C[C@@H](O)C(=O)O)n[nH]1. The van der Waals surface area contributed by atoms with Gasteiger partial charge in [0.1, 0.15) is 0 Å². The second kappa shape index (κ2) is 11.6. The molecule has 0 aliphatic carbocycles. The summed E-state index contributed by atoms with van der Waals surface area (Å²) in [7, 11) is 0. The lowest BCUT2D eigenvalue weighted by atomic mass is 10.0. The fourth-order valence-electron chi connectivity index (χ4n) is 3.30. The number of unbranched alkanes of at least 4 members (excludes halogenated alkanes) is 1. The van der Waals surface area contributed by atoms with E-state index in [2.05, 4.69) is 22.5 Å². The smallest absolute Gasteiger partial charge is 0.333 e. The highest BCUT2D eigenvalue weighted by Crippen LogP contribution is 2.23. The maximum Gasteiger partial charge on any atom is 0.333 e. The van der Waals surface area contributed by atoms with Crippen LogP contribution in [0.1, 0.15) is 41.5 Å². The molecule has 0 saturated carbocycles. The molecule has 0 radical (unpaired) electrons. The van der Waals surface area contributed by atoms with Crippen molar-refractivity contribution in [3.63, 3.8) is 0 Å². The van der Waals surface area contributed by atoms with Gasteiger partial charge in [0.2, 0.25) is 0 Å². The average Bonchev–Trinajstić information content (AvgIpc) is 3.27. The fraction of sp³-hybridized carbons (Fsp3) is 0.292. The van der Waals surface area contributed by atoms with Crippen LogP contribution in [-0.4, -0.2) is 49.9 Å². The minimum Gasteiger partial charge on any atom is -0.479 e. The van der Waals surface area contributed by atoms with E-state index in [0.29, 0.717) is 5.02 Å². The molecule has 0 aliphatic heterocycles. The van der Waals surface area contributed by atoms with E-state index in [1.54, 1.807) is 12.1 Å². The Kier molecular flexibility index (Phi) is 8.59. The number of aryl methyl sites for hydroxylation is 1. The number of aromatic amines is 1. The Morgan fingerprint density at radius 3 is 2.58 bits per heavy atom. The van der Waals surface area contributed by atoms with Crippen molar-refractivity contribution in [1.82, 2.24) is 20.6 Å². The Balaban J connectivity index is 1.71. The first kappa shape index (κ1) is 24.4. The van der Waals surface area contributed by atoms with E-state index in [-0.39, 0.29) is 18.8 Å². The number of hydrazine groups is 1. The van der Waals surface area contributed by atoms with Gasteiger partial charge in [0, 0.05) is 17.3 Å². The number of carbonyl (C=O) groups is 2. The van der Waals surface area contributed by atoms with Gasteiger partial charge in [0.25, 0.3) is 5.91 Å². The fourth-order valence-corrected chi connectivity index (χ4v) is 3.49. The molecule has 0 bridgehead atoms. The van der Waals surface area contributed by atoms with Crippen LogP contribution in [0.15, 0.2) is 54.6 Å². The molecule has 0 spiro atoms. The number of rotatable bonds is 11. The van der Waals surface area contributed by atoms with Crippen LogP contribution in [0.2, 0.25) is 5.02 Å². The van der Waals surface area contributed by atoms with Gasteiger partial charge in [0.05, 0.1) is 6.54 Å². The molecular weight excluding hydrogens is 444 g/mol. The van der Waals surface area contributed by atoms with Crippen LogP contribution >= 0.6 is 11.6 Å². The second-order valence-electron chi connectivity index (χ2n) is 7.76. The molecule has 3 aromatic rings. The maximum absolute atomic E-state index is 12.7. The number of hydrogen-bond donors (Lipinski definition) is 4. The molecule has 3 rings (SSSR count). The average molecular weight is 471 g/mol. The first-order valence-corrected chi connectivity index (χ1v) is 11.1. The molecule has 4 N–H and O–H groups in total. The van der Waals surface area contributed by atoms with E-state index in [1.807, 2.05) is 42.5 Å². The number of aliphatic hydroxyl groups excluding tert-OH is 1. The molecule has 8 nitrogen and oxygen atoms in total. The van der Waals surface area contributed by atoms with Crippen molar-refractivity contribution in [3.8, 4) is 11.1 Å². The summed E-state index contributed by atoms with van der Waals surface area (Å²) in [5, 5.41) is 27.9. The number of benzene rings is 2. The van der Waals surface area contributed by atoms with Crippen molar-refractivity contribution in [3.05, 3.63) is 76.6 Å². The topological polar surface area (TPSA) is 119 Å². The van der Waals surface area contributed by atoms with Gasteiger partial charge < -0.3 is 10.2 Å². The van der Waals surface area contributed by atoms with Crippen LogP contribution in [0.25, 0.3) is 11.1 Å². The Hall–Kier alpha value is -3.20. The summed E-state index contributed by atoms with van der Waals surface area (Å²) in [6, 6.07) is 16.8. The number of halogens is 1. The number of aliphatic carboxylic acids is 1. The number of amides is 1. The molecule has 1 amide bonds. The number of H-pyrrole nitrogens is 1. The summed E-state index contributed by atoms with van der Waals surface area (Å²) < 4.78 is 0.